The van der Waals surface area contributed by atoms with E-state index in [0.717, 1.165) is 45.5 Å². The van der Waals surface area contributed by atoms with Gasteiger partial charge in [-0.2, -0.15) is 0 Å². The number of carbonyl (C=O) groups excluding carboxylic acids is 1. The Balaban J connectivity index is 2.00. The van der Waals surface area contributed by atoms with Gasteiger partial charge in [-0.3, -0.25) is 14.0 Å². The van der Waals surface area contributed by atoms with Gasteiger partial charge in [0.2, 0.25) is 15.9 Å². The van der Waals surface area contributed by atoms with Crippen LogP contribution >= 0.6 is 0 Å². The number of carbonyl (C=O) groups is 1. The third kappa shape index (κ3) is 6.35. The smallest absolute Gasteiger partial charge is 0.243 e. The number of morpholine rings is 1. The molecule has 0 spiro atoms. The fraction of sp³-hybridized carbons (Fsp3) is 0.632. The van der Waals surface area contributed by atoms with Crippen LogP contribution in [0.3, 0.4) is 0 Å². The first-order chi connectivity index (χ1) is 13.4. The zero-order valence-corrected chi connectivity index (χ0v) is 17.7. The molecule has 0 bridgehead atoms. The minimum Gasteiger partial charge on any atom is -0.497 e. The number of sulfonamides is 1. The van der Waals surface area contributed by atoms with Crippen LogP contribution in [0.5, 0.6) is 5.75 Å². The van der Waals surface area contributed by atoms with Crippen LogP contribution in [0, 0.1) is 0 Å². The molecule has 1 amide bonds. The van der Waals surface area contributed by atoms with Crippen molar-refractivity contribution in [3.63, 3.8) is 0 Å². The second kappa shape index (κ2) is 10.6. The molecule has 0 radical (unpaired) electrons. The Morgan fingerprint density at radius 1 is 1.29 bits per heavy atom. The average Bonchev–Trinajstić information content (AvgIpc) is 2.69. The maximum absolute atomic E-state index is 12.7. The molecule has 0 aromatic heterocycles. The van der Waals surface area contributed by atoms with Gasteiger partial charge in [-0.15, -0.1) is 0 Å². The number of nitrogens with one attached hydrogen (secondary N) is 1. The van der Waals surface area contributed by atoms with Crippen LogP contribution in [0.2, 0.25) is 0 Å². The molecule has 0 saturated carbocycles. The zero-order chi connectivity index (χ0) is 20.6. The Bertz CT molecular complexity index is 718. The molecule has 1 unspecified atom stereocenters. The monoisotopic (exact) mass is 413 g/mol. The molecule has 9 heteroatoms. The van der Waals surface area contributed by atoms with Gasteiger partial charge in [0.1, 0.15) is 11.8 Å². The summed E-state index contributed by atoms with van der Waals surface area (Å²) in [6.45, 7) is 6.50. The van der Waals surface area contributed by atoms with E-state index in [4.69, 9.17) is 9.47 Å². The molecule has 1 saturated heterocycles. The normalized spacial score (nSPS) is 16.4. The molecular weight excluding hydrogens is 382 g/mol. The standard InChI is InChI=1S/C19H31N3O5S/c1-4-18(19(23)20-10-5-11-21-12-14-27-15-13-21)22(28(3,24)25)16-6-8-17(26-2)9-7-16/h6-9,18H,4-5,10-15H2,1-3H3,(H,20,23). The Labute approximate surface area is 167 Å². The highest BCUT2D eigenvalue weighted by molar-refractivity contribution is 7.92. The number of nitrogens with zero attached hydrogens (tertiary/aromatic N) is 2. The zero-order valence-electron chi connectivity index (χ0n) is 16.9. The summed E-state index contributed by atoms with van der Waals surface area (Å²) >= 11 is 0. The number of anilines is 1. The van der Waals surface area contributed by atoms with Crippen molar-refractivity contribution in [1.29, 1.82) is 0 Å². The van der Waals surface area contributed by atoms with Gasteiger partial charge in [0.25, 0.3) is 0 Å². The third-order valence-corrected chi connectivity index (χ3v) is 5.89. The van der Waals surface area contributed by atoms with Crippen molar-refractivity contribution >= 4 is 21.6 Å². The minimum atomic E-state index is -3.63. The van der Waals surface area contributed by atoms with E-state index in [1.165, 1.54) is 4.31 Å². The van der Waals surface area contributed by atoms with Gasteiger partial charge in [-0.05, 0) is 43.7 Å². The molecule has 158 valence electrons. The summed E-state index contributed by atoms with van der Waals surface area (Å²) in [7, 11) is -2.09. The number of methoxy groups -OCH3 is 1. The maximum Gasteiger partial charge on any atom is 0.243 e. The first-order valence-corrected chi connectivity index (χ1v) is 11.4. The lowest BCUT2D eigenvalue weighted by atomic mass is 10.2. The predicted molar refractivity (Wildman–Crippen MR) is 109 cm³/mol. The van der Waals surface area contributed by atoms with Crippen molar-refractivity contribution in [3.05, 3.63) is 24.3 Å². The van der Waals surface area contributed by atoms with Crippen molar-refractivity contribution < 1.29 is 22.7 Å². The fourth-order valence-electron chi connectivity index (χ4n) is 3.25. The number of hydrogen-bond donors (Lipinski definition) is 1. The molecule has 1 fully saturated rings. The number of hydrogen-bond acceptors (Lipinski definition) is 6. The SMILES string of the molecule is CCC(C(=O)NCCCN1CCOCC1)N(c1ccc(OC)cc1)S(C)(=O)=O. The molecule has 1 aliphatic heterocycles. The predicted octanol–water partition coefficient (Wildman–Crippen LogP) is 1.08. The number of benzene rings is 1. The van der Waals surface area contributed by atoms with E-state index < -0.39 is 16.1 Å². The number of rotatable bonds is 10. The Kier molecular flexibility index (Phi) is 8.53. The molecule has 0 aliphatic carbocycles. The van der Waals surface area contributed by atoms with E-state index in [0.29, 0.717) is 24.4 Å². The molecule has 8 nitrogen and oxygen atoms in total. The van der Waals surface area contributed by atoms with Gasteiger partial charge >= 0.3 is 0 Å². The number of ether oxygens (including phenoxy) is 2. The topological polar surface area (TPSA) is 88.2 Å². The summed E-state index contributed by atoms with van der Waals surface area (Å²) in [6.07, 6.45) is 2.30. The summed E-state index contributed by atoms with van der Waals surface area (Å²) in [4.78, 5) is 15.0. The average molecular weight is 414 g/mol. The van der Waals surface area contributed by atoms with Gasteiger partial charge in [0, 0.05) is 19.6 Å². The van der Waals surface area contributed by atoms with E-state index in [1.807, 2.05) is 0 Å². The fourth-order valence-corrected chi connectivity index (χ4v) is 4.46. The molecule has 1 heterocycles. The van der Waals surface area contributed by atoms with Gasteiger partial charge in [-0.25, -0.2) is 8.42 Å². The van der Waals surface area contributed by atoms with E-state index in [9.17, 15) is 13.2 Å². The highest BCUT2D eigenvalue weighted by atomic mass is 32.2. The summed E-state index contributed by atoms with van der Waals surface area (Å²) in [6, 6.07) is 5.86. The first kappa shape index (κ1) is 22.4. The van der Waals surface area contributed by atoms with Gasteiger partial charge in [0.05, 0.1) is 32.3 Å². The van der Waals surface area contributed by atoms with Crippen LogP contribution in [0.15, 0.2) is 24.3 Å². The van der Waals surface area contributed by atoms with E-state index >= 15 is 0 Å². The highest BCUT2D eigenvalue weighted by Gasteiger charge is 2.31. The Hall–Kier alpha value is -1.84. The second-order valence-corrected chi connectivity index (χ2v) is 8.64. The quantitative estimate of drug-likeness (QED) is 0.578. The van der Waals surface area contributed by atoms with E-state index in [-0.39, 0.29) is 5.91 Å². The van der Waals surface area contributed by atoms with E-state index in [2.05, 4.69) is 10.2 Å². The van der Waals surface area contributed by atoms with Crippen LogP contribution in [-0.4, -0.2) is 78.0 Å². The summed E-state index contributed by atoms with van der Waals surface area (Å²) in [5.41, 5.74) is 0.443. The molecule has 1 aromatic rings. The van der Waals surface area contributed by atoms with Crippen LogP contribution in [0.4, 0.5) is 5.69 Å². The van der Waals surface area contributed by atoms with Crippen LogP contribution in [0.1, 0.15) is 19.8 Å². The first-order valence-electron chi connectivity index (χ1n) is 9.58. The van der Waals surface area contributed by atoms with Crippen LogP contribution in [-0.2, 0) is 19.6 Å². The van der Waals surface area contributed by atoms with Gasteiger partial charge < -0.3 is 14.8 Å². The maximum atomic E-state index is 12.7. The molecule has 1 aliphatic rings. The third-order valence-electron chi connectivity index (χ3n) is 4.71. The molecule has 1 aromatic carbocycles. The lowest BCUT2D eigenvalue weighted by molar-refractivity contribution is -0.122. The number of amides is 1. The Morgan fingerprint density at radius 3 is 2.46 bits per heavy atom. The molecule has 1 N–H and O–H groups in total. The van der Waals surface area contributed by atoms with Gasteiger partial charge in [0.15, 0.2) is 0 Å². The lowest BCUT2D eigenvalue weighted by Gasteiger charge is -2.30. The van der Waals surface area contributed by atoms with Crippen LogP contribution in [0.25, 0.3) is 0 Å². The summed E-state index contributed by atoms with van der Waals surface area (Å²) in [5.74, 6) is 0.337. The molecule has 2 rings (SSSR count). The van der Waals surface area contributed by atoms with Gasteiger partial charge in [-0.1, -0.05) is 6.92 Å². The van der Waals surface area contributed by atoms with Crippen molar-refractivity contribution in [2.45, 2.75) is 25.8 Å². The van der Waals surface area contributed by atoms with Crippen molar-refractivity contribution in [1.82, 2.24) is 10.2 Å². The lowest BCUT2D eigenvalue weighted by Crippen LogP contribution is -2.49. The van der Waals surface area contributed by atoms with Crippen molar-refractivity contribution in [3.8, 4) is 5.75 Å². The largest absolute Gasteiger partial charge is 0.497 e. The molecular formula is C19H31N3O5S. The van der Waals surface area contributed by atoms with E-state index in [1.54, 1.807) is 38.3 Å². The van der Waals surface area contributed by atoms with Crippen molar-refractivity contribution in [2.24, 2.45) is 0 Å². The van der Waals surface area contributed by atoms with Crippen LogP contribution < -0.4 is 14.4 Å². The summed E-state index contributed by atoms with van der Waals surface area (Å²) in [5, 5.41) is 2.89. The second-order valence-electron chi connectivity index (χ2n) is 6.78. The minimum absolute atomic E-state index is 0.286. The molecule has 1 atom stereocenters. The highest BCUT2D eigenvalue weighted by Crippen LogP contribution is 2.25. The summed E-state index contributed by atoms with van der Waals surface area (Å²) < 4.78 is 36.5. The molecule has 28 heavy (non-hydrogen) atoms. The Morgan fingerprint density at radius 2 is 1.93 bits per heavy atom. The van der Waals surface area contributed by atoms with Crippen molar-refractivity contribution in [2.75, 3.05) is 57.1 Å².